The summed E-state index contributed by atoms with van der Waals surface area (Å²) < 4.78 is 92.1. The molecule has 2 N–H and O–H groups in total. The van der Waals surface area contributed by atoms with Crippen molar-refractivity contribution in [3.8, 4) is 0 Å². The number of fused-ring (bicyclic) bond motifs is 1. The van der Waals surface area contributed by atoms with Gasteiger partial charge in [0.2, 0.25) is 0 Å². The van der Waals surface area contributed by atoms with Gasteiger partial charge in [-0.2, -0.15) is 30.6 Å². The molecule has 38 heavy (non-hydrogen) atoms. The van der Waals surface area contributed by atoms with Crippen molar-refractivity contribution in [3.05, 3.63) is 42.6 Å². The third-order valence-electron chi connectivity index (χ3n) is 5.43. The molecule has 0 unspecified atom stereocenters. The van der Waals surface area contributed by atoms with Crippen LogP contribution < -0.4 is 0 Å². The van der Waals surface area contributed by atoms with Crippen LogP contribution in [0, 0.1) is 11.8 Å². The van der Waals surface area contributed by atoms with E-state index in [1.54, 1.807) is 28.3 Å². The van der Waals surface area contributed by atoms with Gasteiger partial charge in [0.05, 0.1) is 6.33 Å². The van der Waals surface area contributed by atoms with Crippen molar-refractivity contribution >= 4 is 22.0 Å². The molecule has 2 aliphatic heterocycles. The van der Waals surface area contributed by atoms with Crippen molar-refractivity contribution in [2.75, 3.05) is 26.2 Å². The molecule has 0 saturated carbocycles. The summed E-state index contributed by atoms with van der Waals surface area (Å²) >= 11 is 0. The van der Waals surface area contributed by atoms with Crippen molar-refractivity contribution in [1.29, 1.82) is 0 Å². The number of imidazole rings is 1. The van der Waals surface area contributed by atoms with E-state index in [-0.39, 0.29) is 5.03 Å². The lowest BCUT2D eigenvalue weighted by atomic mass is 10.0. The summed E-state index contributed by atoms with van der Waals surface area (Å²) in [6.07, 6.45) is -3.40. The molecule has 212 valence electrons. The molecule has 18 heteroatoms. The second-order valence-electron chi connectivity index (χ2n) is 8.38. The number of aliphatic carboxylic acids is 2. The van der Waals surface area contributed by atoms with Crippen molar-refractivity contribution in [2.45, 2.75) is 23.9 Å². The number of pyridine rings is 1. The minimum absolute atomic E-state index is 0.150. The van der Waals surface area contributed by atoms with Crippen LogP contribution in [0.1, 0.15) is 5.56 Å². The Morgan fingerprint density at radius 1 is 1.00 bits per heavy atom. The van der Waals surface area contributed by atoms with Gasteiger partial charge in [0.25, 0.3) is 10.0 Å². The van der Waals surface area contributed by atoms with Crippen LogP contribution >= 0.6 is 0 Å². The average molecular weight is 575 g/mol. The van der Waals surface area contributed by atoms with Crippen LogP contribution in [0.25, 0.3) is 0 Å². The van der Waals surface area contributed by atoms with Gasteiger partial charge in [-0.3, -0.25) is 9.88 Å². The Labute approximate surface area is 212 Å². The highest BCUT2D eigenvalue weighted by atomic mass is 32.2. The zero-order valence-corrected chi connectivity index (χ0v) is 20.4. The molecule has 0 aliphatic carbocycles. The fourth-order valence-corrected chi connectivity index (χ4v) is 5.30. The second-order valence-corrected chi connectivity index (χ2v) is 10.3. The van der Waals surface area contributed by atoms with E-state index in [1.807, 2.05) is 12.3 Å². The molecule has 0 radical (unpaired) electrons. The zero-order valence-electron chi connectivity index (χ0n) is 19.6. The first-order valence-electron chi connectivity index (χ1n) is 10.6. The Morgan fingerprint density at radius 3 is 1.87 bits per heavy atom. The van der Waals surface area contributed by atoms with Crippen LogP contribution in [0.5, 0.6) is 0 Å². The lowest BCUT2D eigenvalue weighted by molar-refractivity contribution is -0.193. The van der Waals surface area contributed by atoms with Crippen LogP contribution in [0.15, 0.2) is 42.1 Å². The number of halogens is 6. The Balaban J connectivity index is 0.000000301. The summed E-state index contributed by atoms with van der Waals surface area (Å²) in [6.45, 7) is 3.94. The molecule has 2 aromatic heterocycles. The predicted molar refractivity (Wildman–Crippen MR) is 116 cm³/mol. The molecule has 2 aliphatic rings. The number of hydrogen-bond donors (Lipinski definition) is 2. The van der Waals surface area contributed by atoms with Gasteiger partial charge >= 0.3 is 24.3 Å². The monoisotopic (exact) mass is 575 g/mol. The number of carbonyl (C=O) groups is 2. The molecule has 0 amide bonds. The quantitative estimate of drug-likeness (QED) is 0.522. The summed E-state index contributed by atoms with van der Waals surface area (Å²) in [4.78, 5) is 28.4. The molecule has 4 heterocycles. The summed E-state index contributed by atoms with van der Waals surface area (Å²) in [5, 5.41) is 14.4. The molecule has 0 spiro atoms. The number of alkyl halides is 6. The fraction of sp³-hybridized carbons (Fsp3) is 0.500. The Morgan fingerprint density at radius 2 is 1.50 bits per heavy atom. The number of aryl methyl sites for hydroxylation is 1. The van der Waals surface area contributed by atoms with E-state index in [0.29, 0.717) is 24.9 Å². The molecule has 4 rings (SSSR count). The van der Waals surface area contributed by atoms with Gasteiger partial charge in [0.15, 0.2) is 5.03 Å². The smallest absolute Gasteiger partial charge is 0.475 e. The van der Waals surface area contributed by atoms with Crippen LogP contribution in [-0.4, -0.2) is 92.8 Å². The first-order valence-corrected chi connectivity index (χ1v) is 12.0. The van der Waals surface area contributed by atoms with E-state index < -0.39 is 34.3 Å². The van der Waals surface area contributed by atoms with Crippen LogP contribution in [-0.2, 0) is 33.2 Å². The average Bonchev–Trinajstić information content (AvgIpc) is 3.49. The maximum absolute atomic E-state index is 12.7. The van der Waals surface area contributed by atoms with Crippen LogP contribution in [0.4, 0.5) is 26.3 Å². The predicted octanol–water partition coefficient (Wildman–Crippen LogP) is 1.83. The molecule has 2 aromatic rings. The van der Waals surface area contributed by atoms with Crippen LogP contribution in [0.3, 0.4) is 0 Å². The minimum atomic E-state index is -5.08. The minimum Gasteiger partial charge on any atom is -0.475 e. The number of aromatic nitrogens is 3. The molecule has 0 bridgehead atoms. The number of likely N-dealkylation sites (tertiary alicyclic amines) is 1. The largest absolute Gasteiger partial charge is 0.490 e. The third kappa shape index (κ3) is 8.66. The maximum atomic E-state index is 12.7. The standard InChI is InChI=1S/C16H21N5O2S.2C2HF3O2/c1-19-11-16(18-12-19)24(22,23)21-9-14-7-20(8-15(14)10-21)6-13-3-2-4-17-5-13;2*3-2(4,5)1(6)7/h2-5,11-12,14-15H,6-10H2,1H3;2*(H,6,7)/t14-,15+;;. The van der Waals surface area contributed by atoms with E-state index in [2.05, 4.69) is 20.9 Å². The summed E-state index contributed by atoms with van der Waals surface area (Å²) in [5.41, 5.74) is 1.20. The lowest BCUT2D eigenvalue weighted by Gasteiger charge is -2.20. The van der Waals surface area contributed by atoms with Gasteiger partial charge in [-0.1, -0.05) is 6.07 Å². The maximum Gasteiger partial charge on any atom is 0.490 e. The van der Waals surface area contributed by atoms with E-state index in [0.717, 1.165) is 19.6 Å². The second kappa shape index (κ2) is 12.1. The highest BCUT2D eigenvalue weighted by Gasteiger charge is 2.44. The Kier molecular flexibility index (Phi) is 9.84. The normalized spacial score (nSPS) is 20.1. The summed E-state index contributed by atoms with van der Waals surface area (Å²) in [6, 6.07) is 4.03. The highest BCUT2D eigenvalue weighted by molar-refractivity contribution is 7.89. The summed E-state index contributed by atoms with van der Waals surface area (Å²) in [7, 11) is -1.68. The molecule has 2 saturated heterocycles. The van der Waals surface area contributed by atoms with Crippen LogP contribution in [0.2, 0.25) is 0 Å². The van der Waals surface area contributed by atoms with Crippen molar-refractivity contribution in [1.82, 2.24) is 23.7 Å². The summed E-state index contributed by atoms with van der Waals surface area (Å²) in [5.74, 6) is -4.71. The Hall–Kier alpha value is -3.25. The van der Waals surface area contributed by atoms with Crippen molar-refractivity contribution < 1.29 is 54.6 Å². The number of nitrogens with zero attached hydrogens (tertiary/aromatic N) is 5. The van der Waals surface area contributed by atoms with E-state index in [9.17, 15) is 34.8 Å². The Bertz CT molecular complexity index is 1170. The van der Waals surface area contributed by atoms with Crippen molar-refractivity contribution in [3.63, 3.8) is 0 Å². The number of sulfonamides is 1. The lowest BCUT2D eigenvalue weighted by Crippen LogP contribution is -2.33. The van der Waals surface area contributed by atoms with Gasteiger partial charge in [-0.25, -0.2) is 23.0 Å². The third-order valence-corrected chi connectivity index (χ3v) is 7.15. The molecule has 0 aromatic carbocycles. The molecule has 11 nitrogen and oxygen atoms in total. The molecule has 2 fully saturated rings. The van der Waals surface area contributed by atoms with E-state index in [4.69, 9.17) is 19.8 Å². The van der Waals surface area contributed by atoms with Gasteiger partial charge in [0, 0.05) is 58.4 Å². The van der Waals surface area contributed by atoms with E-state index >= 15 is 0 Å². The topological polar surface area (TPSA) is 146 Å². The first kappa shape index (κ1) is 31.0. The fourth-order valence-electron chi connectivity index (χ4n) is 3.78. The number of carboxylic acids is 2. The van der Waals surface area contributed by atoms with Gasteiger partial charge in [0.1, 0.15) is 0 Å². The van der Waals surface area contributed by atoms with E-state index in [1.165, 1.54) is 11.9 Å². The molecular weight excluding hydrogens is 552 g/mol. The highest BCUT2D eigenvalue weighted by Crippen LogP contribution is 2.34. The number of hydrogen-bond acceptors (Lipinski definition) is 7. The first-order chi connectivity index (χ1) is 17.4. The molecular formula is C20H23F6N5O6S. The number of rotatable bonds is 4. The van der Waals surface area contributed by atoms with Gasteiger partial charge in [-0.15, -0.1) is 0 Å². The van der Waals surface area contributed by atoms with Gasteiger partial charge < -0.3 is 14.8 Å². The van der Waals surface area contributed by atoms with Gasteiger partial charge in [-0.05, 0) is 23.5 Å². The SMILES string of the molecule is Cn1cnc(S(=O)(=O)N2C[C@H]3CN(Cc4cccnc4)C[C@H]3C2)c1.O=C(O)C(F)(F)F.O=C(O)C(F)(F)F. The molecule has 2 atom stereocenters. The van der Waals surface area contributed by atoms with Crippen molar-refractivity contribution in [2.24, 2.45) is 18.9 Å². The zero-order chi connectivity index (χ0) is 28.9. The number of carboxylic acid groups (broad SMARTS) is 2.